The van der Waals surface area contributed by atoms with Crippen molar-refractivity contribution < 1.29 is 4.74 Å². The molecule has 9 nitrogen and oxygen atoms in total. The van der Waals surface area contributed by atoms with Gasteiger partial charge in [0, 0.05) is 44.0 Å². The summed E-state index contributed by atoms with van der Waals surface area (Å²) in [5.41, 5.74) is 11.7. The highest BCUT2D eigenvalue weighted by atomic mass is 16.5. The fourth-order valence-electron chi connectivity index (χ4n) is 5.21. The lowest BCUT2D eigenvalue weighted by molar-refractivity contribution is -0.0298. The lowest BCUT2D eigenvalue weighted by Crippen LogP contribution is -2.48. The molecule has 1 unspecified atom stereocenters. The van der Waals surface area contributed by atoms with Crippen molar-refractivity contribution in [1.29, 1.82) is 0 Å². The minimum atomic E-state index is -0.379. The first-order chi connectivity index (χ1) is 16.6. The number of nitrogens with two attached hydrogens (primary N) is 1. The molecule has 0 aliphatic carbocycles. The van der Waals surface area contributed by atoms with Crippen LogP contribution in [-0.4, -0.2) is 49.0 Å². The number of hydrogen-bond donors (Lipinski definition) is 1. The number of ether oxygens (including phenoxy) is 1. The Morgan fingerprint density at radius 1 is 1.09 bits per heavy atom. The van der Waals surface area contributed by atoms with Crippen molar-refractivity contribution in [3.63, 3.8) is 0 Å². The van der Waals surface area contributed by atoms with Crippen molar-refractivity contribution in [2.45, 2.75) is 43.9 Å². The van der Waals surface area contributed by atoms with Gasteiger partial charge in [-0.1, -0.05) is 18.2 Å². The highest BCUT2D eigenvalue weighted by Gasteiger charge is 2.34. The smallest absolute Gasteiger partial charge is 0.167 e. The molecule has 0 saturated carbocycles. The van der Waals surface area contributed by atoms with Crippen LogP contribution < -0.4 is 10.6 Å². The van der Waals surface area contributed by atoms with E-state index in [1.807, 2.05) is 30.5 Å². The Morgan fingerprint density at radius 2 is 1.97 bits per heavy atom. The van der Waals surface area contributed by atoms with Crippen LogP contribution in [0.25, 0.3) is 22.3 Å². The molecular weight excluding hydrogens is 428 g/mol. The summed E-state index contributed by atoms with van der Waals surface area (Å²) >= 11 is 0. The molecule has 2 fully saturated rings. The molecule has 2 saturated heterocycles. The lowest BCUT2D eigenvalue weighted by atomic mass is 9.81. The molecule has 0 bridgehead atoms. The van der Waals surface area contributed by atoms with E-state index in [0.717, 1.165) is 79.9 Å². The molecule has 176 valence electrons. The SMILES string of the molecule is Cn1cc(-c2cccc(C3(N)CCN(c4ncnc5c4ncn5C4CCCCO4)CC3)c2)cn1. The summed E-state index contributed by atoms with van der Waals surface area (Å²) in [6, 6.07) is 8.56. The number of hydrogen-bond acceptors (Lipinski definition) is 7. The topological polar surface area (TPSA) is 99.9 Å². The summed E-state index contributed by atoms with van der Waals surface area (Å²) in [7, 11) is 1.93. The van der Waals surface area contributed by atoms with E-state index in [-0.39, 0.29) is 11.8 Å². The Hall–Kier alpha value is -3.30. The maximum absolute atomic E-state index is 6.97. The summed E-state index contributed by atoms with van der Waals surface area (Å²) in [6.07, 6.45) is 12.3. The summed E-state index contributed by atoms with van der Waals surface area (Å²) < 4.78 is 9.84. The third kappa shape index (κ3) is 3.74. The fourth-order valence-corrected chi connectivity index (χ4v) is 5.21. The average molecular weight is 459 g/mol. The molecule has 34 heavy (non-hydrogen) atoms. The summed E-state index contributed by atoms with van der Waals surface area (Å²) in [6.45, 7) is 2.41. The molecule has 0 amide bonds. The average Bonchev–Trinajstić information content (AvgIpc) is 3.52. The normalized spacial score (nSPS) is 20.6. The first-order valence-electron chi connectivity index (χ1n) is 12.0. The van der Waals surface area contributed by atoms with E-state index in [4.69, 9.17) is 10.5 Å². The van der Waals surface area contributed by atoms with Crippen LogP contribution in [0.15, 0.2) is 49.3 Å². The number of aromatic nitrogens is 6. The Labute approximate surface area is 198 Å². The van der Waals surface area contributed by atoms with Gasteiger partial charge < -0.3 is 15.4 Å². The van der Waals surface area contributed by atoms with E-state index in [2.05, 4.69) is 53.8 Å². The number of piperidine rings is 1. The lowest BCUT2D eigenvalue weighted by Gasteiger charge is -2.40. The molecule has 2 N–H and O–H groups in total. The van der Waals surface area contributed by atoms with E-state index in [1.54, 1.807) is 6.33 Å². The molecule has 4 aromatic rings. The summed E-state index contributed by atoms with van der Waals surface area (Å²) in [5, 5.41) is 4.30. The number of benzene rings is 1. The quantitative estimate of drug-likeness (QED) is 0.500. The fraction of sp³-hybridized carbons (Fsp3) is 0.440. The number of nitrogens with zero attached hydrogens (tertiary/aromatic N) is 7. The largest absolute Gasteiger partial charge is 0.358 e. The number of fused-ring (bicyclic) bond motifs is 1. The molecule has 5 heterocycles. The van der Waals surface area contributed by atoms with E-state index in [1.165, 1.54) is 5.56 Å². The maximum Gasteiger partial charge on any atom is 0.167 e. The number of imidazole rings is 1. The minimum absolute atomic E-state index is 0.00615. The predicted molar refractivity (Wildman–Crippen MR) is 130 cm³/mol. The van der Waals surface area contributed by atoms with Gasteiger partial charge in [-0.2, -0.15) is 5.10 Å². The van der Waals surface area contributed by atoms with Gasteiger partial charge in [0.05, 0.1) is 12.5 Å². The van der Waals surface area contributed by atoms with E-state index >= 15 is 0 Å². The van der Waals surface area contributed by atoms with Crippen molar-refractivity contribution in [1.82, 2.24) is 29.3 Å². The Balaban J connectivity index is 1.23. The zero-order valence-corrected chi connectivity index (χ0v) is 19.5. The van der Waals surface area contributed by atoms with Gasteiger partial charge in [-0.05, 0) is 49.3 Å². The Morgan fingerprint density at radius 3 is 2.74 bits per heavy atom. The molecule has 1 atom stereocenters. The maximum atomic E-state index is 6.97. The zero-order valence-electron chi connectivity index (χ0n) is 19.5. The Bertz CT molecular complexity index is 1300. The van der Waals surface area contributed by atoms with Crippen LogP contribution in [0, 0.1) is 0 Å². The van der Waals surface area contributed by atoms with Crippen molar-refractivity contribution >= 4 is 17.0 Å². The van der Waals surface area contributed by atoms with Crippen LogP contribution in [-0.2, 0) is 17.3 Å². The third-order valence-corrected chi connectivity index (χ3v) is 7.24. The van der Waals surface area contributed by atoms with Gasteiger partial charge in [0.15, 0.2) is 17.0 Å². The number of aryl methyl sites for hydroxylation is 1. The second kappa shape index (κ2) is 8.48. The van der Waals surface area contributed by atoms with Crippen molar-refractivity contribution in [3.05, 3.63) is 54.9 Å². The van der Waals surface area contributed by atoms with Crippen LogP contribution in [0.2, 0.25) is 0 Å². The standard InChI is InChI=1S/C25H30N8O/c1-31-15-19(14-30-31)18-5-4-6-20(13-18)25(26)8-10-32(11-9-25)23-22-24(28-16-27-23)33(17-29-22)21-7-2-3-12-34-21/h4-6,13-17,21H,2-3,7-12,26H2,1H3. The molecule has 3 aromatic heterocycles. The minimum Gasteiger partial charge on any atom is -0.358 e. The first kappa shape index (κ1) is 21.2. The Kier molecular flexibility index (Phi) is 5.30. The second-order valence-corrected chi connectivity index (χ2v) is 9.47. The zero-order chi connectivity index (χ0) is 23.1. The molecule has 9 heteroatoms. The molecule has 2 aliphatic rings. The second-order valence-electron chi connectivity index (χ2n) is 9.47. The number of rotatable bonds is 4. The highest BCUT2D eigenvalue weighted by Crippen LogP contribution is 2.35. The molecule has 0 radical (unpaired) electrons. The third-order valence-electron chi connectivity index (χ3n) is 7.24. The van der Waals surface area contributed by atoms with Crippen LogP contribution in [0.3, 0.4) is 0 Å². The molecular formula is C25H30N8O. The molecule has 1 aromatic carbocycles. The van der Waals surface area contributed by atoms with Crippen molar-refractivity contribution in [2.24, 2.45) is 12.8 Å². The molecule has 2 aliphatic heterocycles. The van der Waals surface area contributed by atoms with Crippen LogP contribution in [0.4, 0.5) is 5.82 Å². The van der Waals surface area contributed by atoms with Gasteiger partial charge >= 0.3 is 0 Å². The first-order valence-corrected chi connectivity index (χ1v) is 12.0. The number of anilines is 1. The van der Waals surface area contributed by atoms with E-state index < -0.39 is 0 Å². The highest BCUT2D eigenvalue weighted by molar-refractivity contribution is 5.83. The van der Waals surface area contributed by atoms with Crippen molar-refractivity contribution in [3.8, 4) is 11.1 Å². The van der Waals surface area contributed by atoms with Gasteiger partial charge in [0.2, 0.25) is 0 Å². The van der Waals surface area contributed by atoms with Gasteiger partial charge in [0.25, 0.3) is 0 Å². The van der Waals surface area contributed by atoms with Crippen molar-refractivity contribution in [2.75, 3.05) is 24.6 Å². The monoisotopic (exact) mass is 458 g/mol. The van der Waals surface area contributed by atoms with Gasteiger partial charge in [-0.3, -0.25) is 9.25 Å². The molecule has 0 spiro atoms. The van der Waals surface area contributed by atoms with Gasteiger partial charge in [0.1, 0.15) is 12.6 Å². The summed E-state index contributed by atoms with van der Waals surface area (Å²) in [4.78, 5) is 16.1. The van der Waals surface area contributed by atoms with Crippen LogP contribution in [0.5, 0.6) is 0 Å². The van der Waals surface area contributed by atoms with Gasteiger partial charge in [-0.25, -0.2) is 15.0 Å². The summed E-state index contributed by atoms with van der Waals surface area (Å²) in [5.74, 6) is 0.880. The van der Waals surface area contributed by atoms with E-state index in [0.29, 0.717) is 0 Å². The van der Waals surface area contributed by atoms with E-state index in [9.17, 15) is 0 Å². The van der Waals surface area contributed by atoms with Crippen LogP contribution >= 0.6 is 0 Å². The van der Waals surface area contributed by atoms with Gasteiger partial charge in [-0.15, -0.1) is 0 Å². The molecule has 6 rings (SSSR count). The predicted octanol–water partition coefficient (Wildman–Crippen LogP) is 3.38. The van der Waals surface area contributed by atoms with Crippen LogP contribution in [0.1, 0.15) is 43.9 Å².